The number of nitrogen functional groups attached to an aromatic ring is 1. The summed E-state index contributed by atoms with van der Waals surface area (Å²) in [6.07, 6.45) is -4.01. The Morgan fingerprint density at radius 1 is 1.44 bits per heavy atom. The van der Waals surface area contributed by atoms with Gasteiger partial charge in [0.2, 0.25) is 0 Å². The van der Waals surface area contributed by atoms with Gasteiger partial charge in [-0.25, -0.2) is 4.98 Å². The first kappa shape index (κ1) is 12.3. The third kappa shape index (κ3) is 4.16. The monoisotopic (exact) mass is 233 g/mol. The molecule has 0 aromatic carbocycles. The molecule has 0 aliphatic heterocycles. The Labute approximate surface area is 89.7 Å². The first-order valence-electron chi connectivity index (χ1n) is 4.38. The molecule has 0 saturated heterocycles. The maximum absolute atomic E-state index is 11.8. The number of hydrogen-bond acceptors (Lipinski definition) is 3. The molecule has 1 rings (SSSR count). The van der Waals surface area contributed by atoms with E-state index in [0.29, 0.717) is 0 Å². The van der Waals surface area contributed by atoms with Crippen LogP contribution in [0.15, 0.2) is 18.3 Å². The van der Waals surface area contributed by atoms with Crippen LogP contribution in [0, 0.1) is 5.41 Å². The highest BCUT2D eigenvalue weighted by Gasteiger charge is 2.26. The van der Waals surface area contributed by atoms with Crippen LogP contribution in [0.4, 0.5) is 13.2 Å². The van der Waals surface area contributed by atoms with Crippen molar-refractivity contribution in [3.05, 3.63) is 24.0 Å². The number of aromatic nitrogens is 1. The molecular weight excluding hydrogens is 223 g/mol. The van der Waals surface area contributed by atoms with Crippen molar-refractivity contribution < 1.29 is 17.9 Å². The van der Waals surface area contributed by atoms with E-state index in [0.717, 1.165) is 0 Å². The van der Waals surface area contributed by atoms with Crippen LogP contribution in [-0.2, 0) is 0 Å². The Morgan fingerprint density at radius 2 is 2.12 bits per heavy atom. The van der Waals surface area contributed by atoms with E-state index >= 15 is 0 Å². The van der Waals surface area contributed by atoms with Crippen LogP contribution < -0.4 is 10.5 Å². The van der Waals surface area contributed by atoms with Gasteiger partial charge in [-0.1, -0.05) is 0 Å². The van der Waals surface area contributed by atoms with Gasteiger partial charge >= 0.3 is 6.18 Å². The lowest BCUT2D eigenvalue weighted by atomic mass is 10.3. The van der Waals surface area contributed by atoms with Crippen molar-refractivity contribution >= 4 is 5.84 Å². The third-order valence-electron chi connectivity index (χ3n) is 1.67. The van der Waals surface area contributed by atoms with E-state index in [2.05, 4.69) is 4.98 Å². The minimum atomic E-state index is -4.23. The second-order valence-electron chi connectivity index (χ2n) is 3.01. The van der Waals surface area contributed by atoms with Crippen molar-refractivity contribution in [3.8, 4) is 5.75 Å². The molecule has 3 N–H and O–H groups in total. The van der Waals surface area contributed by atoms with Crippen molar-refractivity contribution in [2.75, 3.05) is 6.61 Å². The molecule has 0 bridgehead atoms. The zero-order chi connectivity index (χ0) is 12.2. The van der Waals surface area contributed by atoms with Gasteiger partial charge in [0, 0.05) is 0 Å². The summed E-state index contributed by atoms with van der Waals surface area (Å²) in [5.41, 5.74) is 5.41. The second kappa shape index (κ2) is 4.82. The van der Waals surface area contributed by atoms with E-state index in [1.165, 1.54) is 18.3 Å². The summed E-state index contributed by atoms with van der Waals surface area (Å²) in [4.78, 5) is 3.74. The van der Waals surface area contributed by atoms with Crippen molar-refractivity contribution in [1.82, 2.24) is 4.98 Å². The van der Waals surface area contributed by atoms with E-state index in [4.69, 9.17) is 15.9 Å². The van der Waals surface area contributed by atoms with Gasteiger partial charge in [0.15, 0.2) is 0 Å². The summed E-state index contributed by atoms with van der Waals surface area (Å²) in [7, 11) is 0. The fraction of sp³-hybridized carbons (Fsp3) is 0.333. The van der Waals surface area contributed by atoms with Gasteiger partial charge in [-0.05, 0) is 12.1 Å². The fourth-order valence-corrected chi connectivity index (χ4v) is 0.910. The molecule has 0 atom stereocenters. The third-order valence-corrected chi connectivity index (χ3v) is 1.67. The number of alkyl halides is 3. The summed E-state index contributed by atoms with van der Waals surface area (Å²) in [6.45, 7) is -0.454. The molecular formula is C9H10F3N3O. The Hall–Kier alpha value is -1.79. The number of nitrogens with zero attached hydrogens (tertiary/aromatic N) is 1. The summed E-state index contributed by atoms with van der Waals surface area (Å²) >= 11 is 0. The number of pyridine rings is 1. The predicted molar refractivity (Wildman–Crippen MR) is 51.4 cm³/mol. The van der Waals surface area contributed by atoms with E-state index in [1.54, 1.807) is 0 Å². The van der Waals surface area contributed by atoms with Crippen molar-refractivity contribution in [3.63, 3.8) is 0 Å². The van der Waals surface area contributed by atoms with E-state index in [9.17, 15) is 13.2 Å². The van der Waals surface area contributed by atoms with Gasteiger partial charge in [-0.15, -0.1) is 0 Å². The number of ether oxygens (including phenoxy) is 1. The number of hydrogen-bond donors (Lipinski definition) is 2. The average molecular weight is 233 g/mol. The summed E-state index contributed by atoms with van der Waals surface area (Å²) in [5.74, 6) is 0.0103. The lowest BCUT2D eigenvalue weighted by Crippen LogP contribution is -2.14. The largest absolute Gasteiger partial charge is 0.492 e. The fourth-order valence-electron chi connectivity index (χ4n) is 0.910. The van der Waals surface area contributed by atoms with Crippen LogP contribution in [0.5, 0.6) is 5.75 Å². The van der Waals surface area contributed by atoms with E-state index in [1.807, 2.05) is 0 Å². The summed E-state index contributed by atoms with van der Waals surface area (Å²) < 4.78 is 40.2. The molecule has 0 unspecified atom stereocenters. The summed E-state index contributed by atoms with van der Waals surface area (Å²) in [6, 6.07) is 2.82. The molecule has 1 aromatic heterocycles. The number of halogens is 3. The number of amidine groups is 1. The molecule has 0 fully saturated rings. The molecule has 7 heteroatoms. The second-order valence-corrected chi connectivity index (χ2v) is 3.01. The van der Waals surface area contributed by atoms with Gasteiger partial charge < -0.3 is 10.5 Å². The van der Waals surface area contributed by atoms with E-state index in [-0.39, 0.29) is 17.3 Å². The highest BCUT2D eigenvalue weighted by Crippen LogP contribution is 2.20. The van der Waals surface area contributed by atoms with Crippen LogP contribution in [0.3, 0.4) is 0 Å². The molecule has 0 amide bonds. The van der Waals surface area contributed by atoms with Crippen molar-refractivity contribution in [1.29, 1.82) is 5.41 Å². The predicted octanol–water partition coefficient (Wildman–Crippen LogP) is 1.70. The molecule has 0 aliphatic carbocycles. The number of nitrogens with one attached hydrogen (secondary N) is 1. The minimum Gasteiger partial charge on any atom is -0.492 e. The van der Waals surface area contributed by atoms with E-state index < -0.39 is 19.2 Å². The Balaban J connectivity index is 2.47. The highest BCUT2D eigenvalue weighted by molar-refractivity contribution is 5.92. The molecule has 0 spiro atoms. The lowest BCUT2D eigenvalue weighted by Gasteiger charge is -2.08. The molecule has 1 aromatic rings. The van der Waals surface area contributed by atoms with Crippen LogP contribution >= 0.6 is 0 Å². The van der Waals surface area contributed by atoms with Gasteiger partial charge in [0.05, 0.1) is 19.2 Å². The maximum Gasteiger partial charge on any atom is 0.392 e. The summed E-state index contributed by atoms with van der Waals surface area (Å²) in [5, 5.41) is 7.05. The molecule has 1 heterocycles. The SMILES string of the molecule is N=C(N)c1ccc(OCCC(F)(F)F)cn1. The highest BCUT2D eigenvalue weighted by atomic mass is 19.4. The lowest BCUT2D eigenvalue weighted by molar-refractivity contribution is -0.139. The molecule has 0 saturated carbocycles. The Morgan fingerprint density at radius 3 is 2.56 bits per heavy atom. The molecule has 88 valence electrons. The first-order chi connectivity index (χ1) is 7.38. The van der Waals surface area contributed by atoms with Crippen molar-refractivity contribution in [2.45, 2.75) is 12.6 Å². The number of rotatable bonds is 4. The zero-order valence-corrected chi connectivity index (χ0v) is 8.21. The Bertz CT molecular complexity index is 361. The van der Waals surface area contributed by atoms with Gasteiger partial charge in [-0.3, -0.25) is 5.41 Å². The molecule has 16 heavy (non-hydrogen) atoms. The topological polar surface area (TPSA) is 72.0 Å². The number of nitrogens with two attached hydrogens (primary N) is 1. The van der Waals surface area contributed by atoms with Crippen LogP contribution in [0.25, 0.3) is 0 Å². The van der Waals surface area contributed by atoms with Crippen molar-refractivity contribution in [2.24, 2.45) is 5.73 Å². The first-order valence-corrected chi connectivity index (χ1v) is 4.38. The quantitative estimate of drug-likeness (QED) is 0.614. The van der Waals surface area contributed by atoms with Gasteiger partial charge in [0.25, 0.3) is 0 Å². The van der Waals surface area contributed by atoms with Gasteiger partial charge in [0.1, 0.15) is 17.3 Å². The van der Waals surface area contributed by atoms with Gasteiger partial charge in [-0.2, -0.15) is 13.2 Å². The molecule has 4 nitrogen and oxygen atoms in total. The molecule has 0 radical (unpaired) electrons. The zero-order valence-electron chi connectivity index (χ0n) is 8.21. The Kier molecular flexibility index (Phi) is 3.70. The standard InChI is InChI=1S/C9H10F3N3O/c10-9(11,12)3-4-16-6-1-2-7(8(13)14)15-5-6/h1-2,5H,3-4H2,(H3,13,14). The smallest absolute Gasteiger partial charge is 0.392 e. The normalized spacial score (nSPS) is 11.2. The minimum absolute atomic E-state index is 0.207. The van der Waals surface area contributed by atoms with Crippen LogP contribution in [0.2, 0.25) is 0 Å². The average Bonchev–Trinajstić information content (AvgIpc) is 2.16. The molecule has 0 aliphatic rings. The van der Waals surface area contributed by atoms with Crippen LogP contribution in [-0.4, -0.2) is 23.6 Å². The van der Waals surface area contributed by atoms with Crippen LogP contribution in [0.1, 0.15) is 12.1 Å². The maximum atomic E-state index is 11.8.